The zero-order valence-electron chi connectivity index (χ0n) is 12.0. The molecular weight excluding hydrogens is 272 g/mol. The number of aromatic nitrogens is 2. The molecule has 0 saturated heterocycles. The first-order valence-corrected chi connectivity index (χ1v) is 6.48. The molecular formula is C14H16N4O3. The largest absolute Gasteiger partial charge is 0.439 e. The molecule has 0 spiro atoms. The van der Waals surface area contributed by atoms with Gasteiger partial charge in [0.25, 0.3) is 5.69 Å². The molecule has 0 atom stereocenters. The lowest BCUT2D eigenvalue weighted by Gasteiger charge is -2.10. The van der Waals surface area contributed by atoms with Crippen LogP contribution in [0.15, 0.2) is 30.3 Å². The standard InChI is InChI=1S/C14H16N4O3/c1-9(2)14-16-12(15-3)8-13(17-14)21-11-6-4-10(5-7-11)18(19)20/h4-9H,1-3H3,(H,15,16,17). The highest BCUT2D eigenvalue weighted by molar-refractivity contribution is 5.41. The SMILES string of the molecule is CNc1cc(Oc2ccc([N+](=O)[O-])cc2)nc(C(C)C)n1. The number of nitrogens with zero attached hydrogens (tertiary/aromatic N) is 3. The molecule has 21 heavy (non-hydrogen) atoms. The molecule has 2 rings (SSSR count). The van der Waals surface area contributed by atoms with Gasteiger partial charge in [0.05, 0.1) is 4.92 Å². The third-order valence-corrected chi connectivity index (χ3v) is 2.76. The van der Waals surface area contributed by atoms with Crippen LogP contribution in [0.1, 0.15) is 25.6 Å². The van der Waals surface area contributed by atoms with Gasteiger partial charge in [0, 0.05) is 31.2 Å². The number of rotatable bonds is 5. The second kappa shape index (κ2) is 6.17. The van der Waals surface area contributed by atoms with Gasteiger partial charge in [0.15, 0.2) is 0 Å². The summed E-state index contributed by atoms with van der Waals surface area (Å²) in [6.45, 7) is 3.98. The van der Waals surface area contributed by atoms with Gasteiger partial charge >= 0.3 is 0 Å². The number of hydrogen-bond acceptors (Lipinski definition) is 6. The lowest BCUT2D eigenvalue weighted by Crippen LogP contribution is -2.03. The molecule has 0 aliphatic carbocycles. The van der Waals surface area contributed by atoms with E-state index in [1.807, 2.05) is 13.8 Å². The van der Waals surface area contributed by atoms with Crippen LogP contribution in [0.4, 0.5) is 11.5 Å². The van der Waals surface area contributed by atoms with Crippen molar-refractivity contribution in [2.24, 2.45) is 0 Å². The number of non-ortho nitro benzene ring substituents is 1. The third-order valence-electron chi connectivity index (χ3n) is 2.76. The highest BCUT2D eigenvalue weighted by Gasteiger charge is 2.10. The van der Waals surface area contributed by atoms with Crippen LogP contribution in [-0.4, -0.2) is 21.9 Å². The van der Waals surface area contributed by atoms with E-state index in [4.69, 9.17) is 4.74 Å². The summed E-state index contributed by atoms with van der Waals surface area (Å²) >= 11 is 0. The van der Waals surface area contributed by atoms with Crippen LogP contribution in [0, 0.1) is 10.1 Å². The number of benzene rings is 1. The second-order valence-corrected chi connectivity index (χ2v) is 4.71. The van der Waals surface area contributed by atoms with Crippen molar-refractivity contribution in [1.29, 1.82) is 0 Å². The summed E-state index contributed by atoms with van der Waals surface area (Å²) in [5.41, 5.74) is 0.0174. The molecule has 0 aliphatic heterocycles. The van der Waals surface area contributed by atoms with Crippen LogP contribution in [-0.2, 0) is 0 Å². The fourth-order valence-electron chi connectivity index (χ4n) is 1.64. The number of hydrogen-bond donors (Lipinski definition) is 1. The third kappa shape index (κ3) is 3.65. The van der Waals surface area contributed by atoms with Crippen LogP contribution in [0.5, 0.6) is 11.6 Å². The molecule has 1 aromatic heterocycles. The lowest BCUT2D eigenvalue weighted by molar-refractivity contribution is -0.384. The molecule has 0 unspecified atom stereocenters. The van der Waals surface area contributed by atoms with Crippen LogP contribution >= 0.6 is 0 Å². The van der Waals surface area contributed by atoms with E-state index in [0.29, 0.717) is 23.3 Å². The van der Waals surface area contributed by atoms with Crippen molar-refractivity contribution in [2.75, 3.05) is 12.4 Å². The molecule has 0 aliphatic rings. The Balaban J connectivity index is 2.25. The van der Waals surface area contributed by atoms with E-state index in [9.17, 15) is 10.1 Å². The second-order valence-electron chi connectivity index (χ2n) is 4.71. The quantitative estimate of drug-likeness (QED) is 0.670. The summed E-state index contributed by atoms with van der Waals surface area (Å²) in [6.07, 6.45) is 0. The number of nitro groups is 1. The minimum atomic E-state index is -0.454. The van der Waals surface area contributed by atoms with Gasteiger partial charge in [0.1, 0.15) is 17.4 Å². The molecule has 0 amide bonds. The van der Waals surface area contributed by atoms with Crippen molar-refractivity contribution in [1.82, 2.24) is 9.97 Å². The van der Waals surface area contributed by atoms with Crippen molar-refractivity contribution >= 4 is 11.5 Å². The Hall–Kier alpha value is -2.70. The van der Waals surface area contributed by atoms with Crippen LogP contribution in [0.2, 0.25) is 0 Å². The Bertz CT molecular complexity index is 641. The van der Waals surface area contributed by atoms with E-state index >= 15 is 0 Å². The van der Waals surface area contributed by atoms with Crippen molar-refractivity contribution in [3.8, 4) is 11.6 Å². The van der Waals surface area contributed by atoms with E-state index in [0.717, 1.165) is 0 Å². The Morgan fingerprint density at radius 2 is 1.90 bits per heavy atom. The summed E-state index contributed by atoms with van der Waals surface area (Å²) in [6, 6.07) is 7.52. The first-order chi connectivity index (χ1) is 9.99. The summed E-state index contributed by atoms with van der Waals surface area (Å²) in [5, 5.41) is 13.6. The predicted molar refractivity (Wildman–Crippen MR) is 78.8 cm³/mol. The first kappa shape index (κ1) is 14.7. The lowest BCUT2D eigenvalue weighted by atomic mass is 10.2. The van der Waals surface area contributed by atoms with Gasteiger partial charge in [-0.25, -0.2) is 4.98 Å². The molecule has 2 aromatic rings. The maximum atomic E-state index is 10.6. The Kier molecular flexibility index (Phi) is 4.32. The molecule has 0 fully saturated rings. The van der Waals surface area contributed by atoms with Gasteiger partial charge in [-0.1, -0.05) is 13.8 Å². The fourth-order valence-corrected chi connectivity index (χ4v) is 1.64. The highest BCUT2D eigenvalue weighted by atomic mass is 16.6. The van der Waals surface area contributed by atoms with Crippen molar-refractivity contribution in [3.05, 3.63) is 46.3 Å². The molecule has 7 nitrogen and oxygen atoms in total. The maximum absolute atomic E-state index is 10.6. The summed E-state index contributed by atoms with van der Waals surface area (Å²) in [7, 11) is 1.77. The zero-order chi connectivity index (χ0) is 15.4. The molecule has 7 heteroatoms. The monoisotopic (exact) mass is 288 g/mol. The summed E-state index contributed by atoms with van der Waals surface area (Å²) in [5.74, 6) is 2.37. The summed E-state index contributed by atoms with van der Waals surface area (Å²) in [4.78, 5) is 18.8. The molecule has 110 valence electrons. The molecule has 1 heterocycles. The Labute approximate surface area is 122 Å². The van der Waals surface area contributed by atoms with Crippen molar-refractivity contribution in [3.63, 3.8) is 0 Å². The molecule has 0 saturated carbocycles. The predicted octanol–water partition coefficient (Wildman–Crippen LogP) is 3.34. The van der Waals surface area contributed by atoms with Gasteiger partial charge < -0.3 is 10.1 Å². The van der Waals surface area contributed by atoms with Gasteiger partial charge in [-0.3, -0.25) is 10.1 Å². The van der Waals surface area contributed by atoms with E-state index in [2.05, 4.69) is 15.3 Å². The average Bonchev–Trinajstić information content (AvgIpc) is 2.47. The smallest absolute Gasteiger partial charge is 0.269 e. The Morgan fingerprint density at radius 3 is 2.43 bits per heavy atom. The van der Waals surface area contributed by atoms with E-state index in [1.54, 1.807) is 13.1 Å². The van der Waals surface area contributed by atoms with Gasteiger partial charge in [-0.15, -0.1) is 0 Å². The average molecular weight is 288 g/mol. The van der Waals surface area contributed by atoms with Gasteiger partial charge in [0.2, 0.25) is 5.88 Å². The topological polar surface area (TPSA) is 90.2 Å². The number of ether oxygens (including phenoxy) is 1. The Morgan fingerprint density at radius 1 is 1.24 bits per heavy atom. The summed E-state index contributed by atoms with van der Waals surface area (Å²) < 4.78 is 5.63. The molecule has 0 bridgehead atoms. The van der Waals surface area contributed by atoms with Gasteiger partial charge in [-0.05, 0) is 12.1 Å². The molecule has 1 aromatic carbocycles. The van der Waals surface area contributed by atoms with Crippen LogP contribution in [0.3, 0.4) is 0 Å². The van der Waals surface area contributed by atoms with E-state index < -0.39 is 4.92 Å². The highest BCUT2D eigenvalue weighted by Crippen LogP contribution is 2.25. The number of anilines is 1. The van der Waals surface area contributed by atoms with Crippen molar-refractivity contribution in [2.45, 2.75) is 19.8 Å². The zero-order valence-corrected chi connectivity index (χ0v) is 12.0. The minimum Gasteiger partial charge on any atom is -0.439 e. The first-order valence-electron chi connectivity index (χ1n) is 6.48. The fraction of sp³-hybridized carbons (Fsp3) is 0.286. The van der Waals surface area contributed by atoms with Crippen LogP contribution in [0.25, 0.3) is 0 Å². The maximum Gasteiger partial charge on any atom is 0.269 e. The molecule has 1 N–H and O–H groups in total. The number of nitro benzene ring substituents is 1. The number of nitrogens with one attached hydrogen (secondary N) is 1. The van der Waals surface area contributed by atoms with Gasteiger partial charge in [-0.2, -0.15) is 4.98 Å². The van der Waals surface area contributed by atoms with E-state index in [1.165, 1.54) is 24.3 Å². The molecule has 0 radical (unpaired) electrons. The van der Waals surface area contributed by atoms with Crippen LogP contribution < -0.4 is 10.1 Å². The van der Waals surface area contributed by atoms with Crippen molar-refractivity contribution < 1.29 is 9.66 Å². The normalized spacial score (nSPS) is 10.5. The minimum absolute atomic E-state index is 0.0174. The van der Waals surface area contributed by atoms with E-state index in [-0.39, 0.29) is 11.6 Å².